The van der Waals surface area contributed by atoms with Crippen LogP contribution in [0.1, 0.15) is 23.1 Å². The fraction of sp³-hybridized carbons (Fsp3) is 0.130. The molecule has 33 heavy (non-hydrogen) atoms. The minimum atomic E-state index is -4.90. The number of anilines is 1. The number of hydrogen-bond donors (Lipinski definition) is 1. The summed E-state index contributed by atoms with van der Waals surface area (Å²) in [6, 6.07) is 10.9. The van der Waals surface area contributed by atoms with E-state index in [1.54, 1.807) is 13.0 Å². The van der Waals surface area contributed by atoms with E-state index in [9.17, 15) is 32.3 Å². The first-order valence-corrected chi connectivity index (χ1v) is 9.54. The topological polar surface area (TPSA) is 80.0 Å². The molecule has 0 radical (unpaired) electrons. The van der Waals surface area contributed by atoms with E-state index in [1.807, 2.05) is 0 Å². The number of hydrogen-bond acceptors (Lipinski definition) is 5. The Morgan fingerprint density at radius 3 is 2.18 bits per heavy atom. The van der Waals surface area contributed by atoms with Gasteiger partial charge in [-0.15, -0.1) is 13.2 Å². The number of aryl methyl sites for hydroxylation is 1. The number of Topliss-reactive ketones (excluding diaryl/α,β-unsaturated/α-hetero) is 1. The van der Waals surface area contributed by atoms with Gasteiger partial charge in [-0.3, -0.25) is 14.5 Å². The van der Waals surface area contributed by atoms with E-state index in [-0.39, 0.29) is 22.6 Å². The summed E-state index contributed by atoms with van der Waals surface area (Å²) in [6.45, 7) is 1.64. The van der Waals surface area contributed by atoms with E-state index < -0.39 is 41.4 Å². The van der Waals surface area contributed by atoms with Crippen LogP contribution in [0, 0.1) is 12.7 Å². The summed E-state index contributed by atoms with van der Waals surface area (Å²) in [4.78, 5) is 26.9. The Balaban J connectivity index is 1.83. The van der Waals surface area contributed by atoms with Gasteiger partial charge in [-0.05, 0) is 67.6 Å². The van der Waals surface area contributed by atoms with E-state index in [4.69, 9.17) is 4.42 Å². The normalized spacial score (nSPS) is 18.1. The van der Waals surface area contributed by atoms with Gasteiger partial charge in [-0.2, -0.15) is 0 Å². The second kappa shape index (κ2) is 8.12. The van der Waals surface area contributed by atoms with Crippen LogP contribution in [0.2, 0.25) is 0 Å². The molecule has 0 saturated carbocycles. The summed E-state index contributed by atoms with van der Waals surface area (Å²) < 4.78 is 60.2. The summed E-state index contributed by atoms with van der Waals surface area (Å²) >= 11 is 0. The van der Waals surface area contributed by atoms with Crippen molar-refractivity contribution < 1.29 is 41.4 Å². The number of ether oxygens (including phenoxy) is 1. The monoisotopic (exact) mass is 461 g/mol. The lowest BCUT2D eigenvalue weighted by molar-refractivity contribution is -0.274. The summed E-state index contributed by atoms with van der Waals surface area (Å²) in [6.07, 6.45) is -4.90. The molecule has 1 saturated heterocycles. The second-order valence-corrected chi connectivity index (χ2v) is 7.17. The molecular weight excluding hydrogens is 446 g/mol. The lowest BCUT2D eigenvalue weighted by Crippen LogP contribution is -2.29. The van der Waals surface area contributed by atoms with Gasteiger partial charge in [0.15, 0.2) is 0 Å². The number of furan rings is 1. The molecule has 10 heteroatoms. The Morgan fingerprint density at radius 2 is 1.64 bits per heavy atom. The fourth-order valence-corrected chi connectivity index (χ4v) is 3.54. The molecule has 1 amide bonds. The van der Waals surface area contributed by atoms with Gasteiger partial charge >= 0.3 is 6.36 Å². The van der Waals surface area contributed by atoms with Crippen LogP contribution in [-0.4, -0.2) is 23.2 Å². The largest absolute Gasteiger partial charge is 0.573 e. The summed E-state index contributed by atoms with van der Waals surface area (Å²) in [5.41, 5.74) is -0.142. The van der Waals surface area contributed by atoms with Gasteiger partial charge in [0.1, 0.15) is 34.9 Å². The number of aliphatic hydroxyl groups is 1. The maximum Gasteiger partial charge on any atom is 0.573 e. The van der Waals surface area contributed by atoms with Crippen LogP contribution in [0.3, 0.4) is 0 Å². The maximum atomic E-state index is 13.3. The van der Waals surface area contributed by atoms with Crippen LogP contribution < -0.4 is 9.64 Å². The van der Waals surface area contributed by atoms with E-state index in [1.165, 1.54) is 30.3 Å². The van der Waals surface area contributed by atoms with Crippen molar-refractivity contribution in [1.29, 1.82) is 0 Å². The van der Waals surface area contributed by atoms with Crippen molar-refractivity contribution in [3.63, 3.8) is 0 Å². The summed E-state index contributed by atoms with van der Waals surface area (Å²) in [7, 11) is 0. The van der Waals surface area contributed by atoms with Crippen molar-refractivity contribution in [2.45, 2.75) is 19.3 Å². The highest BCUT2D eigenvalue weighted by Crippen LogP contribution is 2.43. The van der Waals surface area contributed by atoms with E-state index in [0.29, 0.717) is 5.76 Å². The molecule has 4 rings (SSSR count). The molecule has 1 aliphatic heterocycles. The SMILES string of the molecule is Cc1ccc(C2/C(=C(/O)c3ccc(F)cc3)C(=O)C(=O)N2c2ccc(OC(F)(F)F)cc2)o1. The standard InChI is InChI=1S/C23H15F4NO5/c1-12-2-11-17(32-12)19-18(20(29)13-3-5-14(24)6-4-13)21(30)22(31)28(19)15-7-9-16(10-8-15)33-23(25,26)27/h2-11,19,29H,1H3/b20-18-. The maximum absolute atomic E-state index is 13.3. The third-order valence-corrected chi connectivity index (χ3v) is 4.94. The number of ketones is 1. The van der Waals surface area contributed by atoms with Crippen LogP contribution in [0.5, 0.6) is 5.75 Å². The van der Waals surface area contributed by atoms with Crippen molar-refractivity contribution in [2.24, 2.45) is 0 Å². The predicted octanol–water partition coefficient (Wildman–Crippen LogP) is 5.25. The molecule has 6 nitrogen and oxygen atoms in total. The number of rotatable bonds is 4. The molecule has 1 atom stereocenters. The number of nitrogens with zero attached hydrogens (tertiary/aromatic N) is 1. The lowest BCUT2D eigenvalue weighted by atomic mass is 9.99. The molecule has 1 aliphatic rings. The summed E-state index contributed by atoms with van der Waals surface area (Å²) in [5, 5.41) is 10.8. The van der Waals surface area contributed by atoms with E-state index in [0.717, 1.165) is 29.2 Å². The zero-order valence-corrected chi connectivity index (χ0v) is 16.9. The highest BCUT2D eigenvalue weighted by atomic mass is 19.4. The Kier molecular flexibility index (Phi) is 5.44. The zero-order valence-electron chi connectivity index (χ0n) is 16.9. The van der Waals surface area contributed by atoms with Gasteiger partial charge in [0.25, 0.3) is 11.7 Å². The van der Waals surface area contributed by atoms with Crippen LogP contribution in [0.4, 0.5) is 23.2 Å². The molecule has 3 aromatic rings. The zero-order chi connectivity index (χ0) is 23.9. The number of carbonyl (C=O) groups excluding carboxylic acids is 2. The van der Waals surface area contributed by atoms with Crippen LogP contribution in [-0.2, 0) is 9.59 Å². The first-order chi connectivity index (χ1) is 15.5. The average molecular weight is 461 g/mol. The Hall–Kier alpha value is -4.08. The molecule has 2 aromatic carbocycles. The number of carbonyl (C=O) groups is 2. The second-order valence-electron chi connectivity index (χ2n) is 7.17. The molecule has 2 heterocycles. The molecule has 170 valence electrons. The number of alkyl halides is 3. The van der Waals surface area contributed by atoms with Gasteiger partial charge in [-0.25, -0.2) is 4.39 Å². The van der Waals surface area contributed by atoms with Crippen LogP contribution in [0.25, 0.3) is 5.76 Å². The smallest absolute Gasteiger partial charge is 0.507 e. The molecule has 0 bridgehead atoms. The Morgan fingerprint density at radius 1 is 1.00 bits per heavy atom. The van der Waals surface area contributed by atoms with E-state index >= 15 is 0 Å². The number of aliphatic hydroxyl groups excluding tert-OH is 1. The molecule has 0 aliphatic carbocycles. The van der Waals surface area contributed by atoms with Gasteiger partial charge < -0.3 is 14.3 Å². The van der Waals surface area contributed by atoms with Crippen LogP contribution in [0.15, 0.2) is 70.7 Å². The van der Waals surface area contributed by atoms with E-state index in [2.05, 4.69) is 4.74 Å². The third-order valence-electron chi connectivity index (χ3n) is 4.94. The number of benzene rings is 2. The molecule has 0 spiro atoms. The lowest BCUT2D eigenvalue weighted by Gasteiger charge is -2.23. The quantitative estimate of drug-likeness (QED) is 0.248. The molecule has 1 fully saturated rings. The van der Waals surface area contributed by atoms with Crippen molar-refractivity contribution in [3.05, 3.63) is 89.1 Å². The van der Waals surface area contributed by atoms with Crippen molar-refractivity contribution >= 4 is 23.1 Å². The van der Waals surface area contributed by atoms with Gasteiger partial charge in [0.2, 0.25) is 0 Å². The van der Waals surface area contributed by atoms with Crippen molar-refractivity contribution in [1.82, 2.24) is 0 Å². The number of amides is 1. The summed E-state index contributed by atoms with van der Waals surface area (Å²) in [5.74, 6) is -3.08. The molecule has 1 aromatic heterocycles. The molecular formula is C23H15F4NO5. The Bertz CT molecular complexity index is 1240. The number of halogens is 4. The molecule has 1 N–H and O–H groups in total. The van der Waals surface area contributed by atoms with Crippen LogP contribution >= 0.6 is 0 Å². The van der Waals surface area contributed by atoms with Gasteiger partial charge in [-0.1, -0.05) is 0 Å². The minimum absolute atomic E-state index is 0.0730. The molecule has 1 unspecified atom stereocenters. The third kappa shape index (κ3) is 4.32. The highest BCUT2D eigenvalue weighted by Gasteiger charge is 2.48. The van der Waals surface area contributed by atoms with Crippen molar-refractivity contribution in [2.75, 3.05) is 4.90 Å². The van der Waals surface area contributed by atoms with Gasteiger partial charge in [0, 0.05) is 11.3 Å². The minimum Gasteiger partial charge on any atom is -0.507 e. The fourth-order valence-electron chi connectivity index (χ4n) is 3.54. The first-order valence-electron chi connectivity index (χ1n) is 9.54. The average Bonchev–Trinajstić information content (AvgIpc) is 3.29. The first kappa shape index (κ1) is 22.1. The van der Waals surface area contributed by atoms with Crippen molar-refractivity contribution in [3.8, 4) is 5.75 Å². The highest BCUT2D eigenvalue weighted by molar-refractivity contribution is 6.51. The van der Waals surface area contributed by atoms with Gasteiger partial charge in [0.05, 0.1) is 5.57 Å². The predicted molar refractivity (Wildman–Crippen MR) is 108 cm³/mol. The Labute approximate surface area is 184 Å².